The number of pyridine rings is 2. The molecule has 2 aromatic carbocycles. The van der Waals surface area contributed by atoms with Crippen LogP contribution in [0.15, 0.2) is 85.3 Å². The van der Waals surface area contributed by atoms with Crippen LogP contribution in [-0.2, 0) is 12.8 Å². The van der Waals surface area contributed by atoms with Gasteiger partial charge in [0.1, 0.15) is 11.6 Å². The van der Waals surface area contributed by atoms with E-state index in [2.05, 4.69) is 23.0 Å². The van der Waals surface area contributed by atoms with Crippen LogP contribution in [0.25, 0.3) is 11.1 Å². The zero-order valence-corrected chi connectivity index (χ0v) is 16.2. The van der Waals surface area contributed by atoms with E-state index in [0.717, 1.165) is 29.5 Å². The molecular weight excluding hydrogens is 363 g/mol. The maximum Gasteiger partial charge on any atom is 0.219 e. The predicted molar refractivity (Wildman–Crippen MR) is 113 cm³/mol. The molecule has 2 heterocycles. The maximum atomic E-state index is 13.1. The lowest BCUT2D eigenvalue weighted by Crippen LogP contribution is -1.97. The quantitative estimate of drug-likeness (QED) is 0.399. The summed E-state index contributed by atoms with van der Waals surface area (Å²) in [4.78, 5) is 8.62. The average molecular weight is 384 g/mol. The van der Waals surface area contributed by atoms with Gasteiger partial charge in [-0.3, -0.25) is 4.98 Å². The number of hydrogen-bond acceptors (Lipinski definition) is 3. The summed E-state index contributed by atoms with van der Waals surface area (Å²) in [7, 11) is 0. The second kappa shape index (κ2) is 8.65. The van der Waals surface area contributed by atoms with E-state index in [1.165, 1.54) is 23.3 Å². The standard InChI is InChI=1S/C25H21FN2O/c1-18-15-25(28-17-22(18)5-4-19-3-2-14-27-16-19)29-24-12-8-21(9-13-24)20-6-10-23(26)11-7-20/h2-3,6-17H,4-5H2,1H3. The van der Waals surface area contributed by atoms with Crippen molar-refractivity contribution in [1.82, 2.24) is 9.97 Å². The average Bonchev–Trinajstić information content (AvgIpc) is 2.75. The minimum atomic E-state index is -0.237. The first kappa shape index (κ1) is 18.8. The van der Waals surface area contributed by atoms with Crippen molar-refractivity contribution in [2.75, 3.05) is 0 Å². The molecule has 0 fully saturated rings. The molecule has 0 unspecified atom stereocenters. The normalized spacial score (nSPS) is 10.7. The minimum absolute atomic E-state index is 0.237. The molecule has 0 bridgehead atoms. The highest BCUT2D eigenvalue weighted by Crippen LogP contribution is 2.26. The first-order chi connectivity index (χ1) is 14.2. The fraction of sp³-hybridized carbons (Fsp3) is 0.120. The molecule has 0 radical (unpaired) electrons. The molecule has 0 atom stereocenters. The Morgan fingerprint density at radius 1 is 0.862 bits per heavy atom. The van der Waals surface area contributed by atoms with Crippen molar-refractivity contribution in [3.8, 4) is 22.8 Å². The molecule has 0 aliphatic heterocycles. The van der Waals surface area contributed by atoms with Crippen molar-refractivity contribution in [3.05, 3.63) is 108 Å². The lowest BCUT2D eigenvalue weighted by atomic mass is 10.0. The van der Waals surface area contributed by atoms with E-state index in [9.17, 15) is 4.39 Å². The smallest absolute Gasteiger partial charge is 0.219 e. The van der Waals surface area contributed by atoms with Gasteiger partial charge in [-0.1, -0.05) is 30.3 Å². The highest BCUT2D eigenvalue weighted by molar-refractivity contribution is 5.64. The van der Waals surface area contributed by atoms with E-state index in [4.69, 9.17) is 4.74 Å². The predicted octanol–water partition coefficient (Wildman–Crippen LogP) is 6.17. The van der Waals surface area contributed by atoms with Crippen LogP contribution in [0.1, 0.15) is 16.7 Å². The Balaban J connectivity index is 1.41. The first-order valence-electron chi connectivity index (χ1n) is 9.56. The summed E-state index contributed by atoms with van der Waals surface area (Å²) in [5.41, 5.74) is 5.54. The number of aromatic nitrogens is 2. The van der Waals surface area contributed by atoms with Crippen LogP contribution in [0.4, 0.5) is 4.39 Å². The van der Waals surface area contributed by atoms with Gasteiger partial charge in [0, 0.05) is 24.7 Å². The summed E-state index contributed by atoms with van der Waals surface area (Å²) < 4.78 is 19.0. The van der Waals surface area contributed by atoms with Gasteiger partial charge in [-0.15, -0.1) is 0 Å². The molecule has 0 aliphatic rings. The third-order valence-electron chi connectivity index (χ3n) is 4.85. The fourth-order valence-electron chi connectivity index (χ4n) is 3.18. The molecule has 0 spiro atoms. The van der Waals surface area contributed by atoms with Crippen molar-refractivity contribution in [2.24, 2.45) is 0 Å². The Bertz CT molecular complexity index is 1080. The summed E-state index contributed by atoms with van der Waals surface area (Å²) >= 11 is 0. The van der Waals surface area contributed by atoms with E-state index in [1.54, 1.807) is 18.3 Å². The Morgan fingerprint density at radius 2 is 1.59 bits per heavy atom. The number of ether oxygens (including phenoxy) is 1. The Kier molecular flexibility index (Phi) is 5.61. The third kappa shape index (κ3) is 4.85. The number of nitrogens with zero attached hydrogens (tertiary/aromatic N) is 2. The maximum absolute atomic E-state index is 13.1. The minimum Gasteiger partial charge on any atom is -0.439 e. The summed E-state index contributed by atoms with van der Waals surface area (Å²) in [5, 5.41) is 0. The van der Waals surface area contributed by atoms with Gasteiger partial charge >= 0.3 is 0 Å². The number of aryl methyl sites for hydroxylation is 3. The van der Waals surface area contributed by atoms with Gasteiger partial charge < -0.3 is 4.74 Å². The monoisotopic (exact) mass is 384 g/mol. The number of hydrogen-bond donors (Lipinski definition) is 0. The summed E-state index contributed by atoms with van der Waals surface area (Å²) in [6, 6.07) is 20.2. The number of halogens is 1. The first-order valence-corrected chi connectivity index (χ1v) is 9.56. The van der Waals surface area contributed by atoms with Crippen LogP contribution in [0.3, 0.4) is 0 Å². The Labute approximate surface area is 169 Å². The summed E-state index contributed by atoms with van der Waals surface area (Å²) in [6.45, 7) is 2.07. The van der Waals surface area contributed by atoms with Crippen LogP contribution >= 0.6 is 0 Å². The molecule has 0 amide bonds. The van der Waals surface area contributed by atoms with Gasteiger partial charge in [-0.2, -0.15) is 0 Å². The van der Waals surface area contributed by atoms with Crippen molar-refractivity contribution in [3.63, 3.8) is 0 Å². The largest absolute Gasteiger partial charge is 0.439 e. The lowest BCUT2D eigenvalue weighted by Gasteiger charge is -2.10. The molecule has 144 valence electrons. The molecule has 0 N–H and O–H groups in total. The van der Waals surface area contributed by atoms with Gasteiger partial charge in [0.05, 0.1) is 0 Å². The van der Waals surface area contributed by atoms with Crippen LogP contribution in [0.2, 0.25) is 0 Å². The Morgan fingerprint density at radius 3 is 2.24 bits per heavy atom. The molecule has 4 rings (SSSR count). The van der Waals surface area contributed by atoms with E-state index in [1.807, 2.05) is 48.8 Å². The fourth-order valence-corrected chi connectivity index (χ4v) is 3.18. The lowest BCUT2D eigenvalue weighted by molar-refractivity contribution is 0.462. The number of rotatable bonds is 6. The van der Waals surface area contributed by atoms with Gasteiger partial charge in [-0.25, -0.2) is 9.37 Å². The third-order valence-corrected chi connectivity index (χ3v) is 4.85. The SMILES string of the molecule is Cc1cc(Oc2ccc(-c3ccc(F)cc3)cc2)ncc1CCc1cccnc1. The highest BCUT2D eigenvalue weighted by Gasteiger charge is 2.06. The molecule has 4 aromatic rings. The van der Waals surface area contributed by atoms with Crippen LogP contribution in [-0.4, -0.2) is 9.97 Å². The van der Waals surface area contributed by atoms with E-state index in [0.29, 0.717) is 11.6 Å². The van der Waals surface area contributed by atoms with Gasteiger partial charge in [0.15, 0.2) is 0 Å². The zero-order chi connectivity index (χ0) is 20.1. The number of benzene rings is 2. The molecule has 29 heavy (non-hydrogen) atoms. The van der Waals surface area contributed by atoms with Crippen molar-refractivity contribution in [2.45, 2.75) is 19.8 Å². The van der Waals surface area contributed by atoms with Crippen molar-refractivity contribution in [1.29, 1.82) is 0 Å². The molecule has 4 heteroatoms. The van der Waals surface area contributed by atoms with Gasteiger partial charge in [0.25, 0.3) is 0 Å². The molecule has 0 aliphatic carbocycles. The van der Waals surface area contributed by atoms with Crippen LogP contribution in [0, 0.1) is 12.7 Å². The van der Waals surface area contributed by atoms with Gasteiger partial charge in [-0.05, 0) is 77.9 Å². The van der Waals surface area contributed by atoms with E-state index >= 15 is 0 Å². The Hall–Kier alpha value is -3.53. The zero-order valence-electron chi connectivity index (χ0n) is 16.2. The van der Waals surface area contributed by atoms with Crippen molar-refractivity contribution >= 4 is 0 Å². The van der Waals surface area contributed by atoms with Crippen molar-refractivity contribution < 1.29 is 9.13 Å². The van der Waals surface area contributed by atoms with Crippen LogP contribution in [0.5, 0.6) is 11.6 Å². The van der Waals surface area contributed by atoms with E-state index < -0.39 is 0 Å². The van der Waals surface area contributed by atoms with Crippen LogP contribution < -0.4 is 4.74 Å². The van der Waals surface area contributed by atoms with Gasteiger partial charge in [0.2, 0.25) is 5.88 Å². The molecule has 2 aromatic heterocycles. The molecule has 0 saturated carbocycles. The molecular formula is C25H21FN2O. The summed E-state index contributed by atoms with van der Waals surface area (Å²) in [5.74, 6) is 1.05. The topological polar surface area (TPSA) is 35.0 Å². The molecule has 3 nitrogen and oxygen atoms in total. The molecule has 0 saturated heterocycles. The summed E-state index contributed by atoms with van der Waals surface area (Å²) in [6.07, 6.45) is 7.41. The second-order valence-corrected chi connectivity index (χ2v) is 6.94. The second-order valence-electron chi connectivity index (χ2n) is 6.94. The van der Waals surface area contributed by atoms with E-state index in [-0.39, 0.29) is 5.82 Å². The highest BCUT2D eigenvalue weighted by atomic mass is 19.1.